The average molecular weight is 301 g/mol. The second-order valence-electron chi connectivity index (χ2n) is 6.21. The van der Waals surface area contributed by atoms with E-state index < -0.39 is 18.3 Å². The minimum Gasteiger partial charge on any atom is -0.392 e. The van der Waals surface area contributed by atoms with Gasteiger partial charge in [-0.2, -0.15) is 13.2 Å². The van der Waals surface area contributed by atoms with Gasteiger partial charge in [0.15, 0.2) is 0 Å². The summed E-state index contributed by atoms with van der Waals surface area (Å²) in [5.41, 5.74) is -0.219. The number of halogens is 3. The lowest BCUT2D eigenvalue weighted by Crippen LogP contribution is -2.46. The quantitative estimate of drug-likeness (QED) is 0.890. The number of hydrogen-bond acceptors (Lipinski definition) is 2. The van der Waals surface area contributed by atoms with E-state index in [1.807, 2.05) is 0 Å². The lowest BCUT2D eigenvalue weighted by molar-refractivity contribution is -0.138. The summed E-state index contributed by atoms with van der Waals surface area (Å²) < 4.78 is 39.3. The summed E-state index contributed by atoms with van der Waals surface area (Å²) in [4.78, 5) is 2.05. The van der Waals surface area contributed by atoms with Gasteiger partial charge in [0.2, 0.25) is 0 Å². The van der Waals surface area contributed by atoms with Crippen molar-refractivity contribution in [2.75, 3.05) is 11.4 Å². The molecule has 0 amide bonds. The average Bonchev–Trinajstić information content (AvgIpc) is 2.41. The highest BCUT2D eigenvalue weighted by Crippen LogP contribution is 2.37. The largest absolute Gasteiger partial charge is 0.416 e. The van der Waals surface area contributed by atoms with Crippen molar-refractivity contribution in [1.82, 2.24) is 0 Å². The Morgan fingerprint density at radius 3 is 2.48 bits per heavy atom. The highest BCUT2D eigenvalue weighted by atomic mass is 19.4. The van der Waals surface area contributed by atoms with Crippen molar-refractivity contribution in [3.05, 3.63) is 29.3 Å². The first-order valence-electron chi connectivity index (χ1n) is 7.31. The van der Waals surface area contributed by atoms with Gasteiger partial charge in [-0.3, -0.25) is 0 Å². The van der Waals surface area contributed by atoms with E-state index in [9.17, 15) is 13.2 Å². The van der Waals surface area contributed by atoms with Crippen LogP contribution in [0.25, 0.3) is 0 Å². The third kappa shape index (κ3) is 3.34. The Balaban J connectivity index is 2.40. The number of rotatable bonds is 2. The van der Waals surface area contributed by atoms with Crippen LogP contribution in [0, 0.1) is 11.8 Å². The number of nitrogens with zero attached hydrogens (tertiary/aromatic N) is 1. The summed E-state index contributed by atoms with van der Waals surface area (Å²) in [5, 5.41) is 9.11. The summed E-state index contributed by atoms with van der Waals surface area (Å²) in [5.74, 6) is 0.906. The number of hydrogen-bond donors (Lipinski definition) is 1. The van der Waals surface area contributed by atoms with Gasteiger partial charge >= 0.3 is 6.18 Å². The molecular formula is C16H22F3NO. The van der Waals surface area contributed by atoms with Gasteiger partial charge in [-0.25, -0.2) is 0 Å². The highest BCUT2D eigenvalue weighted by Gasteiger charge is 2.35. The highest BCUT2D eigenvalue weighted by molar-refractivity contribution is 5.53. The van der Waals surface area contributed by atoms with Crippen LogP contribution in [0.3, 0.4) is 0 Å². The van der Waals surface area contributed by atoms with Crippen molar-refractivity contribution < 1.29 is 18.3 Å². The first-order valence-corrected chi connectivity index (χ1v) is 7.31. The van der Waals surface area contributed by atoms with Crippen molar-refractivity contribution in [2.45, 2.75) is 46.0 Å². The molecule has 0 aromatic heterocycles. The SMILES string of the molecule is CC1CC(C)C(C)N(c2ccc(CO)c(C(F)(F)F)c2)C1. The Labute approximate surface area is 123 Å². The summed E-state index contributed by atoms with van der Waals surface area (Å²) in [6.45, 7) is 6.49. The molecule has 0 bridgehead atoms. The van der Waals surface area contributed by atoms with Crippen LogP contribution in [-0.4, -0.2) is 17.7 Å². The molecule has 1 fully saturated rings. The van der Waals surface area contributed by atoms with Crippen molar-refractivity contribution in [1.29, 1.82) is 0 Å². The maximum absolute atomic E-state index is 13.1. The van der Waals surface area contributed by atoms with E-state index >= 15 is 0 Å². The molecule has 2 rings (SSSR count). The molecule has 0 saturated carbocycles. The zero-order chi connectivity index (χ0) is 15.8. The van der Waals surface area contributed by atoms with Crippen molar-refractivity contribution in [2.24, 2.45) is 11.8 Å². The van der Waals surface area contributed by atoms with E-state index in [1.54, 1.807) is 6.07 Å². The fraction of sp³-hybridized carbons (Fsp3) is 0.625. The maximum atomic E-state index is 13.1. The van der Waals surface area contributed by atoms with E-state index in [0.717, 1.165) is 13.0 Å². The van der Waals surface area contributed by atoms with Crippen molar-refractivity contribution in [3.8, 4) is 0 Å². The molecule has 1 aromatic rings. The lowest BCUT2D eigenvalue weighted by Gasteiger charge is -2.43. The molecule has 21 heavy (non-hydrogen) atoms. The van der Waals surface area contributed by atoms with Gasteiger partial charge in [0.1, 0.15) is 0 Å². The molecular weight excluding hydrogens is 279 g/mol. The molecule has 1 aliphatic rings. The molecule has 0 radical (unpaired) electrons. The number of aliphatic hydroxyl groups excluding tert-OH is 1. The van der Waals surface area contributed by atoms with E-state index in [2.05, 4.69) is 25.7 Å². The zero-order valence-corrected chi connectivity index (χ0v) is 12.6. The van der Waals surface area contributed by atoms with Crippen LogP contribution in [0.15, 0.2) is 18.2 Å². The number of piperidine rings is 1. The van der Waals surface area contributed by atoms with Gasteiger partial charge in [-0.1, -0.05) is 19.9 Å². The summed E-state index contributed by atoms with van der Waals surface area (Å²) in [6.07, 6.45) is -3.34. The standard InChI is InChI=1S/C16H22F3NO/c1-10-6-11(2)12(3)20(8-10)14-5-4-13(9-21)15(7-14)16(17,18)19/h4-5,7,10-12,21H,6,8-9H2,1-3H3. The van der Waals surface area contributed by atoms with Crippen LogP contribution in [0.1, 0.15) is 38.3 Å². The third-order valence-electron chi connectivity index (χ3n) is 4.50. The smallest absolute Gasteiger partial charge is 0.392 e. The Hall–Kier alpha value is -1.23. The molecule has 3 unspecified atom stereocenters. The molecule has 1 aliphatic heterocycles. The van der Waals surface area contributed by atoms with Crippen molar-refractivity contribution in [3.63, 3.8) is 0 Å². The molecule has 0 spiro atoms. The maximum Gasteiger partial charge on any atom is 0.416 e. The summed E-state index contributed by atoms with van der Waals surface area (Å²) in [6, 6.07) is 4.45. The van der Waals surface area contributed by atoms with E-state index in [-0.39, 0.29) is 11.6 Å². The van der Waals surface area contributed by atoms with Gasteiger partial charge < -0.3 is 10.0 Å². The fourth-order valence-corrected chi connectivity index (χ4v) is 3.20. The normalized spacial score (nSPS) is 27.0. The molecule has 1 N–H and O–H groups in total. The number of aliphatic hydroxyl groups is 1. The minimum absolute atomic E-state index is 0.0722. The predicted molar refractivity (Wildman–Crippen MR) is 77.1 cm³/mol. The molecule has 0 aliphatic carbocycles. The Morgan fingerprint density at radius 2 is 1.90 bits per heavy atom. The van der Waals surface area contributed by atoms with E-state index in [0.29, 0.717) is 17.5 Å². The van der Waals surface area contributed by atoms with E-state index in [4.69, 9.17) is 5.11 Å². The predicted octanol–water partition coefficient (Wildman–Crippen LogP) is 4.07. The van der Waals surface area contributed by atoms with Gasteiger partial charge in [0, 0.05) is 18.3 Å². The zero-order valence-electron chi connectivity index (χ0n) is 12.6. The first-order chi connectivity index (χ1) is 9.74. The van der Waals surface area contributed by atoms with Gasteiger partial charge in [-0.05, 0) is 42.9 Å². The third-order valence-corrected chi connectivity index (χ3v) is 4.50. The van der Waals surface area contributed by atoms with Crippen molar-refractivity contribution >= 4 is 5.69 Å². The second kappa shape index (κ2) is 5.87. The van der Waals surface area contributed by atoms with E-state index in [1.165, 1.54) is 12.1 Å². The molecule has 1 saturated heterocycles. The Kier molecular flexibility index (Phi) is 4.51. The molecule has 2 nitrogen and oxygen atoms in total. The van der Waals surface area contributed by atoms with Crippen LogP contribution in [0.2, 0.25) is 0 Å². The molecule has 118 valence electrons. The van der Waals surface area contributed by atoms with Crippen LogP contribution < -0.4 is 4.90 Å². The number of benzene rings is 1. The van der Waals surface area contributed by atoms with Crippen LogP contribution in [0.5, 0.6) is 0 Å². The first kappa shape index (κ1) is 16.1. The fourth-order valence-electron chi connectivity index (χ4n) is 3.20. The lowest BCUT2D eigenvalue weighted by atomic mass is 9.85. The summed E-state index contributed by atoms with van der Waals surface area (Å²) in [7, 11) is 0. The summed E-state index contributed by atoms with van der Waals surface area (Å²) >= 11 is 0. The number of anilines is 1. The number of alkyl halides is 3. The molecule has 5 heteroatoms. The molecule has 1 heterocycles. The van der Waals surface area contributed by atoms with Gasteiger partial charge in [-0.15, -0.1) is 0 Å². The van der Waals surface area contributed by atoms with Crippen LogP contribution in [-0.2, 0) is 12.8 Å². The van der Waals surface area contributed by atoms with Gasteiger partial charge in [0.25, 0.3) is 0 Å². The monoisotopic (exact) mass is 301 g/mol. The van der Waals surface area contributed by atoms with Gasteiger partial charge in [0.05, 0.1) is 12.2 Å². The minimum atomic E-state index is -4.44. The Morgan fingerprint density at radius 1 is 1.24 bits per heavy atom. The second-order valence-corrected chi connectivity index (χ2v) is 6.21. The topological polar surface area (TPSA) is 23.5 Å². The van der Waals surface area contributed by atoms with Crippen LogP contribution >= 0.6 is 0 Å². The molecule has 3 atom stereocenters. The molecule has 1 aromatic carbocycles. The van der Waals surface area contributed by atoms with Crippen LogP contribution in [0.4, 0.5) is 18.9 Å². The Bertz CT molecular complexity index is 501.